The van der Waals surface area contributed by atoms with Crippen LogP contribution in [0, 0.1) is 6.92 Å². The van der Waals surface area contributed by atoms with E-state index in [1.807, 2.05) is 32.0 Å². The fraction of sp³-hybridized carbons (Fsp3) is 0.357. The molecule has 0 aliphatic carbocycles. The summed E-state index contributed by atoms with van der Waals surface area (Å²) < 4.78 is 5.49. The van der Waals surface area contributed by atoms with Crippen molar-refractivity contribution in [1.82, 2.24) is 4.98 Å². The lowest BCUT2D eigenvalue weighted by molar-refractivity contribution is 0.340. The molecule has 0 saturated heterocycles. The second-order valence-electron chi connectivity index (χ2n) is 3.96. The Bertz CT molecular complexity index is 551. The lowest BCUT2D eigenvalue weighted by Gasteiger charge is -2.10. The third-order valence-corrected chi connectivity index (χ3v) is 3.29. The van der Waals surface area contributed by atoms with Gasteiger partial charge in [0, 0.05) is 11.1 Å². The fourth-order valence-electron chi connectivity index (χ4n) is 2.03. The number of pyridine rings is 1. The van der Waals surface area contributed by atoms with Crippen molar-refractivity contribution >= 4 is 22.5 Å². The Kier molecular flexibility index (Phi) is 3.53. The highest BCUT2D eigenvalue weighted by Crippen LogP contribution is 2.31. The summed E-state index contributed by atoms with van der Waals surface area (Å²) in [6.07, 6.45) is 0.895. The lowest BCUT2D eigenvalue weighted by Crippen LogP contribution is -1.96. The first-order valence-electron chi connectivity index (χ1n) is 5.88. The quantitative estimate of drug-likeness (QED) is 0.815. The molecule has 1 heterocycles. The van der Waals surface area contributed by atoms with Crippen LogP contribution in [0.25, 0.3) is 10.9 Å². The molecule has 0 radical (unpaired) electrons. The van der Waals surface area contributed by atoms with Crippen molar-refractivity contribution in [2.75, 3.05) is 6.61 Å². The van der Waals surface area contributed by atoms with Crippen molar-refractivity contribution in [3.05, 3.63) is 34.5 Å². The Morgan fingerprint density at radius 2 is 2.06 bits per heavy atom. The lowest BCUT2D eigenvalue weighted by atomic mass is 10.1. The maximum Gasteiger partial charge on any atom is 0.120 e. The first-order chi connectivity index (χ1) is 8.17. The molecule has 2 nitrogen and oxygen atoms in total. The average molecular weight is 250 g/mol. The van der Waals surface area contributed by atoms with Crippen LogP contribution in [-0.2, 0) is 6.42 Å². The summed E-state index contributed by atoms with van der Waals surface area (Å²) in [5, 5.41) is 1.77. The minimum Gasteiger partial charge on any atom is -0.494 e. The van der Waals surface area contributed by atoms with Gasteiger partial charge in [0.1, 0.15) is 5.75 Å². The molecule has 17 heavy (non-hydrogen) atoms. The summed E-state index contributed by atoms with van der Waals surface area (Å²) in [5.41, 5.74) is 3.05. The monoisotopic (exact) mass is 249 g/mol. The number of ether oxygens (including phenoxy) is 1. The van der Waals surface area contributed by atoms with Crippen molar-refractivity contribution in [3.8, 4) is 5.75 Å². The highest BCUT2D eigenvalue weighted by Gasteiger charge is 2.10. The van der Waals surface area contributed by atoms with Gasteiger partial charge in [0.05, 0.1) is 17.1 Å². The van der Waals surface area contributed by atoms with E-state index in [1.165, 1.54) is 0 Å². The largest absolute Gasteiger partial charge is 0.494 e. The van der Waals surface area contributed by atoms with Crippen molar-refractivity contribution in [1.29, 1.82) is 0 Å². The van der Waals surface area contributed by atoms with Crippen molar-refractivity contribution in [3.63, 3.8) is 0 Å². The number of rotatable bonds is 3. The molecule has 0 amide bonds. The minimum absolute atomic E-state index is 0.656. The van der Waals surface area contributed by atoms with Crippen LogP contribution in [0.15, 0.2) is 18.2 Å². The summed E-state index contributed by atoms with van der Waals surface area (Å²) in [4.78, 5) is 4.57. The van der Waals surface area contributed by atoms with Gasteiger partial charge in [0.25, 0.3) is 0 Å². The fourth-order valence-corrected chi connectivity index (χ4v) is 2.45. The first-order valence-corrected chi connectivity index (χ1v) is 6.26. The van der Waals surface area contributed by atoms with Gasteiger partial charge >= 0.3 is 0 Å². The van der Waals surface area contributed by atoms with Crippen LogP contribution in [0.2, 0.25) is 5.02 Å². The molecule has 0 bridgehead atoms. The summed E-state index contributed by atoms with van der Waals surface area (Å²) >= 11 is 6.42. The van der Waals surface area contributed by atoms with E-state index in [-0.39, 0.29) is 0 Å². The van der Waals surface area contributed by atoms with Gasteiger partial charge in [-0.25, -0.2) is 0 Å². The van der Waals surface area contributed by atoms with Gasteiger partial charge in [-0.2, -0.15) is 0 Å². The molecular weight excluding hydrogens is 234 g/mol. The number of aromatic nitrogens is 1. The number of fused-ring (bicyclic) bond motifs is 1. The molecule has 0 saturated carbocycles. The molecule has 0 atom stereocenters. The molecule has 3 heteroatoms. The van der Waals surface area contributed by atoms with E-state index in [4.69, 9.17) is 16.3 Å². The Balaban J connectivity index is 2.67. The predicted molar refractivity (Wildman–Crippen MR) is 72.0 cm³/mol. The highest BCUT2D eigenvalue weighted by molar-refractivity contribution is 6.36. The Labute approximate surface area is 107 Å². The third-order valence-electron chi connectivity index (χ3n) is 2.86. The first kappa shape index (κ1) is 12.2. The minimum atomic E-state index is 0.656. The number of aryl methyl sites for hydroxylation is 1. The van der Waals surface area contributed by atoms with Gasteiger partial charge in [0.15, 0.2) is 0 Å². The maximum atomic E-state index is 6.42. The van der Waals surface area contributed by atoms with Gasteiger partial charge in [0.2, 0.25) is 0 Å². The van der Waals surface area contributed by atoms with Crippen molar-refractivity contribution in [2.24, 2.45) is 0 Å². The second kappa shape index (κ2) is 4.92. The van der Waals surface area contributed by atoms with E-state index in [9.17, 15) is 0 Å². The van der Waals surface area contributed by atoms with Crippen LogP contribution in [0.4, 0.5) is 0 Å². The molecule has 0 aliphatic rings. The van der Waals surface area contributed by atoms with Crippen molar-refractivity contribution < 1.29 is 4.74 Å². The normalized spacial score (nSPS) is 10.8. The number of halogens is 1. The molecule has 0 fully saturated rings. The molecule has 1 aromatic carbocycles. The van der Waals surface area contributed by atoms with E-state index in [1.54, 1.807) is 0 Å². The highest BCUT2D eigenvalue weighted by atomic mass is 35.5. The molecule has 2 aromatic rings. The van der Waals surface area contributed by atoms with Gasteiger partial charge < -0.3 is 4.74 Å². The van der Waals surface area contributed by atoms with Gasteiger partial charge in [-0.15, -0.1) is 0 Å². The molecule has 0 N–H and O–H groups in total. The van der Waals surface area contributed by atoms with Crippen molar-refractivity contribution in [2.45, 2.75) is 27.2 Å². The zero-order valence-electron chi connectivity index (χ0n) is 10.4. The average Bonchev–Trinajstić information content (AvgIpc) is 2.31. The van der Waals surface area contributed by atoms with Crippen LogP contribution >= 0.6 is 11.6 Å². The summed E-state index contributed by atoms with van der Waals surface area (Å²) in [5.74, 6) is 0.842. The van der Waals surface area contributed by atoms with E-state index in [0.29, 0.717) is 6.61 Å². The van der Waals surface area contributed by atoms with Crippen LogP contribution in [0.5, 0.6) is 5.75 Å². The predicted octanol–water partition coefficient (Wildman–Crippen LogP) is 4.16. The Hall–Kier alpha value is -1.28. The topological polar surface area (TPSA) is 22.1 Å². The number of nitrogens with zero attached hydrogens (tertiary/aromatic N) is 1. The standard InChI is InChI=1S/C14H16ClNO/c1-4-11-9(3)16-13-7-6-10(17-5-2)8-12(13)14(11)15/h6-8H,4-5H2,1-3H3. The van der Waals surface area contributed by atoms with Crippen LogP contribution in [0.1, 0.15) is 25.1 Å². The zero-order valence-corrected chi connectivity index (χ0v) is 11.1. The number of benzene rings is 1. The smallest absolute Gasteiger partial charge is 0.120 e. The van der Waals surface area contributed by atoms with Crippen LogP contribution in [-0.4, -0.2) is 11.6 Å². The number of hydrogen-bond donors (Lipinski definition) is 0. The van der Waals surface area contributed by atoms with E-state index in [2.05, 4.69) is 11.9 Å². The Morgan fingerprint density at radius 1 is 1.29 bits per heavy atom. The molecule has 90 valence electrons. The molecule has 0 spiro atoms. The maximum absolute atomic E-state index is 6.42. The molecule has 2 rings (SSSR count). The van der Waals surface area contributed by atoms with Gasteiger partial charge in [-0.3, -0.25) is 4.98 Å². The van der Waals surface area contributed by atoms with E-state index >= 15 is 0 Å². The molecule has 1 aromatic heterocycles. The van der Waals surface area contributed by atoms with E-state index in [0.717, 1.165) is 39.4 Å². The SMILES string of the molecule is CCOc1ccc2nc(C)c(CC)c(Cl)c2c1. The Morgan fingerprint density at radius 3 is 2.71 bits per heavy atom. The summed E-state index contributed by atoms with van der Waals surface area (Å²) in [6.45, 7) is 6.72. The zero-order chi connectivity index (χ0) is 12.4. The second-order valence-corrected chi connectivity index (χ2v) is 4.33. The molecule has 0 aliphatic heterocycles. The van der Waals surface area contributed by atoms with Crippen LogP contribution < -0.4 is 4.74 Å². The summed E-state index contributed by atoms with van der Waals surface area (Å²) in [7, 11) is 0. The van der Waals surface area contributed by atoms with E-state index < -0.39 is 0 Å². The van der Waals surface area contributed by atoms with Crippen LogP contribution in [0.3, 0.4) is 0 Å². The molecule has 0 unspecified atom stereocenters. The van der Waals surface area contributed by atoms with Gasteiger partial charge in [-0.1, -0.05) is 18.5 Å². The van der Waals surface area contributed by atoms with Gasteiger partial charge in [-0.05, 0) is 44.0 Å². The third kappa shape index (κ3) is 2.22. The number of hydrogen-bond acceptors (Lipinski definition) is 2. The molecular formula is C14H16ClNO. The summed E-state index contributed by atoms with van der Waals surface area (Å²) in [6, 6.07) is 5.85.